The molecule has 0 spiro atoms. The Morgan fingerprint density at radius 1 is 1.35 bits per heavy atom. The Morgan fingerprint density at radius 3 is 2.61 bits per heavy atom. The molecule has 0 aliphatic carbocycles. The minimum atomic E-state index is -0.499. The van der Waals surface area contributed by atoms with Crippen LogP contribution in [0.15, 0.2) is 18.2 Å². The van der Waals surface area contributed by atoms with Gasteiger partial charge in [0, 0.05) is 17.8 Å². The van der Waals surface area contributed by atoms with Crippen molar-refractivity contribution in [1.29, 1.82) is 0 Å². The molecule has 1 heterocycles. The number of rotatable bonds is 5. The first-order chi connectivity index (χ1) is 10.8. The maximum absolute atomic E-state index is 13.1. The summed E-state index contributed by atoms with van der Waals surface area (Å²) in [5.74, 6) is -0.876. The van der Waals surface area contributed by atoms with Crippen LogP contribution < -0.4 is 5.32 Å². The minimum absolute atomic E-state index is 0.0144. The second-order valence-corrected chi connectivity index (χ2v) is 5.73. The first-order valence-electron chi connectivity index (χ1n) is 7.29. The molecule has 1 aromatic carbocycles. The highest BCUT2D eigenvalue weighted by atomic mass is 35.5. The van der Waals surface area contributed by atoms with Gasteiger partial charge in [0.2, 0.25) is 0 Å². The zero-order valence-corrected chi connectivity index (χ0v) is 14.0. The monoisotopic (exact) mass is 336 g/mol. The minimum Gasteiger partial charge on any atom is -0.354 e. The Hall–Kier alpha value is -2.14. The molecule has 2 aromatic rings. The number of halogens is 2. The Labute approximate surface area is 139 Å². The number of carbonyl (C=O) groups excluding carboxylic acids is 2. The molecular formula is C17H18ClFN2O2. The fourth-order valence-electron chi connectivity index (χ4n) is 2.62. The summed E-state index contributed by atoms with van der Waals surface area (Å²) in [6.07, 6.45) is 0.574. The van der Waals surface area contributed by atoms with Gasteiger partial charge in [-0.05, 0) is 43.5 Å². The van der Waals surface area contributed by atoms with Crippen LogP contribution in [-0.2, 0) is 13.0 Å². The van der Waals surface area contributed by atoms with Crippen molar-refractivity contribution < 1.29 is 14.0 Å². The number of ketones is 1. The lowest BCUT2D eigenvalue weighted by Crippen LogP contribution is -2.24. The second-order valence-electron chi connectivity index (χ2n) is 5.32. The van der Waals surface area contributed by atoms with Crippen LogP contribution in [0, 0.1) is 12.7 Å². The van der Waals surface area contributed by atoms with E-state index in [1.165, 1.54) is 19.1 Å². The Kier molecular flexibility index (Phi) is 5.21. The lowest BCUT2D eigenvalue weighted by atomic mass is 10.0. The first kappa shape index (κ1) is 17.2. The number of hydrogen-bond acceptors (Lipinski definition) is 2. The summed E-state index contributed by atoms with van der Waals surface area (Å²) < 4.78 is 13.1. The molecule has 0 saturated carbocycles. The topological polar surface area (TPSA) is 62.0 Å². The average Bonchev–Trinajstić information content (AvgIpc) is 2.84. The maximum atomic E-state index is 13.1. The molecule has 0 radical (unpaired) electrons. The van der Waals surface area contributed by atoms with Crippen LogP contribution in [0.25, 0.3) is 0 Å². The highest BCUT2D eigenvalue weighted by Crippen LogP contribution is 2.21. The molecule has 0 saturated heterocycles. The zero-order chi connectivity index (χ0) is 17.1. The summed E-state index contributed by atoms with van der Waals surface area (Å²) in [6, 6.07) is 4.29. The van der Waals surface area contributed by atoms with E-state index < -0.39 is 5.82 Å². The third-order valence-electron chi connectivity index (χ3n) is 3.66. The van der Waals surface area contributed by atoms with Gasteiger partial charge >= 0.3 is 0 Å². The molecule has 23 heavy (non-hydrogen) atoms. The summed E-state index contributed by atoms with van der Waals surface area (Å²) in [6.45, 7) is 5.37. The number of carbonyl (C=O) groups is 2. The van der Waals surface area contributed by atoms with Gasteiger partial charge in [0.25, 0.3) is 5.91 Å². The lowest BCUT2D eigenvalue weighted by molar-refractivity contribution is 0.0945. The largest absolute Gasteiger partial charge is 0.354 e. The molecule has 2 rings (SSSR count). The molecule has 0 aliphatic rings. The number of aryl methyl sites for hydroxylation is 1. The predicted octanol–water partition coefficient (Wildman–Crippen LogP) is 3.81. The average molecular weight is 337 g/mol. The fraction of sp³-hybridized carbons (Fsp3) is 0.294. The summed E-state index contributed by atoms with van der Waals surface area (Å²) in [5.41, 5.74) is 3.05. The number of hydrogen-bond donors (Lipinski definition) is 2. The van der Waals surface area contributed by atoms with Crippen molar-refractivity contribution >= 4 is 23.3 Å². The van der Waals surface area contributed by atoms with Gasteiger partial charge in [-0.1, -0.05) is 24.6 Å². The number of nitrogens with one attached hydrogen (secondary N) is 2. The molecular weight excluding hydrogens is 319 g/mol. The summed E-state index contributed by atoms with van der Waals surface area (Å²) in [5, 5.41) is 2.77. The highest BCUT2D eigenvalue weighted by molar-refractivity contribution is 6.30. The number of Topliss-reactive ketones (excluding diaryl/α,β-unsaturated/α-hetero) is 1. The van der Waals surface area contributed by atoms with E-state index in [9.17, 15) is 14.0 Å². The number of aromatic nitrogens is 1. The van der Waals surface area contributed by atoms with E-state index in [4.69, 9.17) is 11.6 Å². The SMILES string of the molecule is CCc1c(C(=O)NCc2ccc(F)c(Cl)c2)[nH]c(C)c1C(C)=O. The van der Waals surface area contributed by atoms with Gasteiger partial charge in [-0.25, -0.2) is 4.39 Å². The third kappa shape index (κ3) is 3.62. The van der Waals surface area contributed by atoms with Crippen LogP contribution in [0.5, 0.6) is 0 Å². The molecule has 0 atom stereocenters. The van der Waals surface area contributed by atoms with E-state index in [2.05, 4.69) is 10.3 Å². The number of H-pyrrole nitrogens is 1. The van der Waals surface area contributed by atoms with Gasteiger partial charge in [-0.3, -0.25) is 9.59 Å². The van der Waals surface area contributed by atoms with Crippen LogP contribution >= 0.6 is 11.6 Å². The maximum Gasteiger partial charge on any atom is 0.268 e. The number of aromatic amines is 1. The molecule has 122 valence electrons. The molecule has 6 heteroatoms. The Morgan fingerprint density at radius 2 is 2.04 bits per heavy atom. The van der Waals surface area contributed by atoms with E-state index >= 15 is 0 Å². The van der Waals surface area contributed by atoms with E-state index in [-0.39, 0.29) is 23.3 Å². The Balaban J connectivity index is 2.19. The zero-order valence-electron chi connectivity index (χ0n) is 13.2. The molecule has 1 aromatic heterocycles. The van der Waals surface area contributed by atoms with Crippen LogP contribution in [-0.4, -0.2) is 16.7 Å². The standard InChI is InChI=1S/C17H18ClFN2O2/c1-4-12-15(10(3)22)9(2)21-16(12)17(23)20-8-11-5-6-14(19)13(18)7-11/h5-7,21H,4,8H2,1-3H3,(H,20,23). The first-order valence-corrected chi connectivity index (χ1v) is 7.67. The second kappa shape index (κ2) is 6.96. The molecule has 0 unspecified atom stereocenters. The predicted molar refractivity (Wildman–Crippen MR) is 87.5 cm³/mol. The molecule has 2 N–H and O–H groups in total. The van der Waals surface area contributed by atoms with Crippen molar-refractivity contribution in [2.24, 2.45) is 0 Å². The van der Waals surface area contributed by atoms with Gasteiger partial charge < -0.3 is 10.3 Å². The van der Waals surface area contributed by atoms with E-state index in [0.717, 1.165) is 0 Å². The van der Waals surface area contributed by atoms with Crippen molar-refractivity contribution in [2.75, 3.05) is 0 Å². The third-order valence-corrected chi connectivity index (χ3v) is 3.95. The summed E-state index contributed by atoms with van der Waals surface area (Å²) in [7, 11) is 0. The molecule has 0 bridgehead atoms. The molecule has 4 nitrogen and oxygen atoms in total. The smallest absolute Gasteiger partial charge is 0.268 e. The normalized spacial score (nSPS) is 10.7. The Bertz CT molecular complexity index is 768. The van der Waals surface area contributed by atoms with E-state index in [1.54, 1.807) is 13.0 Å². The number of amides is 1. The summed E-state index contributed by atoms with van der Waals surface area (Å²) >= 11 is 5.72. The van der Waals surface area contributed by atoms with Crippen molar-refractivity contribution in [3.05, 3.63) is 57.1 Å². The van der Waals surface area contributed by atoms with Gasteiger partial charge in [-0.15, -0.1) is 0 Å². The highest BCUT2D eigenvalue weighted by Gasteiger charge is 2.21. The van der Waals surface area contributed by atoms with Crippen LogP contribution in [0.3, 0.4) is 0 Å². The number of benzene rings is 1. The quantitative estimate of drug-likeness (QED) is 0.815. The molecule has 0 aliphatic heterocycles. The summed E-state index contributed by atoms with van der Waals surface area (Å²) in [4.78, 5) is 27.1. The molecule has 1 amide bonds. The van der Waals surface area contributed by atoms with Crippen molar-refractivity contribution in [3.63, 3.8) is 0 Å². The fourth-order valence-corrected chi connectivity index (χ4v) is 2.82. The van der Waals surface area contributed by atoms with Gasteiger partial charge in [0.05, 0.1) is 5.02 Å². The van der Waals surface area contributed by atoms with E-state index in [1.807, 2.05) is 6.92 Å². The van der Waals surface area contributed by atoms with Gasteiger partial charge in [0.1, 0.15) is 11.5 Å². The van der Waals surface area contributed by atoms with Gasteiger partial charge in [-0.2, -0.15) is 0 Å². The lowest BCUT2D eigenvalue weighted by Gasteiger charge is -2.07. The van der Waals surface area contributed by atoms with Crippen LogP contribution in [0.4, 0.5) is 4.39 Å². The van der Waals surface area contributed by atoms with Crippen molar-refractivity contribution in [3.8, 4) is 0 Å². The molecule has 0 fully saturated rings. The van der Waals surface area contributed by atoms with Crippen molar-refractivity contribution in [1.82, 2.24) is 10.3 Å². The van der Waals surface area contributed by atoms with Gasteiger partial charge in [0.15, 0.2) is 5.78 Å². The van der Waals surface area contributed by atoms with Crippen LogP contribution in [0.1, 0.15) is 51.5 Å². The van der Waals surface area contributed by atoms with Crippen molar-refractivity contribution in [2.45, 2.75) is 33.7 Å². The van der Waals surface area contributed by atoms with E-state index in [0.29, 0.717) is 34.5 Å². The van der Waals surface area contributed by atoms with Crippen LogP contribution in [0.2, 0.25) is 5.02 Å².